The predicted octanol–water partition coefficient (Wildman–Crippen LogP) is 2.89. The molecule has 3 nitrogen and oxygen atoms in total. The maximum atomic E-state index is 5.48. The monoisotopic (exact) mass is 244 g/mol. The van der Waals surface area contributed by atoms with E-state index in [0.717, 1.165) is 19.2 Å². The van der Waals surface area contributed by atoms with Gasteiger partial charge in [-0.3, -0.25) is 0 Å². The van der Waals surface area contributed by atoms with Gasteiger partial charge in [0.25, 0.3) is 0 Å². The first-order valence-corrected chi connectivity index (χ1v) is 6.76. The number of hydrogen-bond acceptors (Lipinski definition) is 2. The van der Waals surface area contributed by atoms with Crippen molar-refractivity contribution >= 4 is 10.9 Å². The lowest BCUT2D eigenvalue weighted by molar-refractivity contribution is 0.0909. The standard InChI is InChI=1S/C15H20N2O/c1-2-18-11-17-9-8-14-12(4-3-5-15(14)17)10-16-13-6-7-13/h3-5,8-9,13,16H,2,6-7,10-11H2,1H3. The van der Waals surface area contributed by atoms with Crippen LogP contribution in [0.2, 0.25) is 0 Å². The Morgan fingerprint density at radius 1 is 1.33 bits per heavy atom. The summed E-state index contributed by atoms with van der Waals surface area (Å²) in [5.41, 5.74) is 2.65. The van der Waals surface area contributed by atoms with E-state index in [1.54, 1.807) is 0 Å². The fraction of sp³-hybridized carbons (Fsp3) is 0.467. The Morgan fingerprint density at radius 3 is 3.00 bits per heavy atom. The molecular weight excluding hydrogens is 224 g/mol. The van der Waals surface area contributed by atoms with E-state index in [2.05, 4.69) is 40.3 Å². The zero-order valence-electron chi connectivity index (χ0n) is 10.9. The highest BCUT2D eigenvalue weighted by Gasteiger charge is 2.20. The lowest BCUT2D eigenvalue weighted by Crippen LogP contribution is -2.15. The van der Waals surface area contributed by atoms with Crippen LogP contribution in [-0.4, -0.2) is 17.2 Å². The molecule has 1 saturated carbocycles. The molecule has 18 heavy (non-hydrogen) atoms. The van der Waals surface area contributed by atoms with Crippen LogP contribution in [0.5, 0.6) is 0 Å². The molecule has 0 bridgehead atoms. The summed E-state index contributed by atoms with van der Waals surface area (Å²) in [4.78, 5) is 0. The van der Waals surface area contributed by atoms with Crippen molar-refractivity contribution in [2.45, 2.75) is 39.1 Å². The van der Waals surface area contributed by atoms with Gasteiger partial charge in [0.05, 0.1) is 5.52 Å². The van der Waals surface area contributed by atoms with Crippen LogP contribution in [0.4, 0.5) is 0 Å². The van der Waals surface area contributed by atoms with Gasteiger partial charge in [-0.1, -0.05) is 12.1 Å². The molecule has 0 atom stereocenters. The molecule has 0 unspecified atom stereocenters. The molecule has 0 radical (unpaired) electrons. The van der Waals surface area contributed by atoms with E-state index in [1.165, 1.54) is 29.3 Å². The van der Waals surface area contributed by atoms with Gasteiger partial charge in [0.2, 0.25) is 0 Å². The number of benzene rings is 1. The number of rotatable bonds is 6. The molecule has 1 aromatic carbocycles. The van der Waals surface area contributed by atoms with E-state index in [1.807, 2.05) is 6.92 Å². The Kier molecular flexibility index (Phi) is 3.35. The molecule has 1 aliphatic rings. The van der Waals surface area contributed by atoms with Gasteiger partial charge in [-0.15, -0.1) is 0 Å². The summed E-state index contributed by atoms with van der Waals surface area (Å²) >= 11 is 0. The fourth-order valence-corrected chi connectivity index (χ4v) is 2.29. The van der Waals surface area contributed by atoms with Gasteiger partial charge < -0.3 is 14.6 Å². The van der Waals surface area contributed by atoms with Crippen molar-refractivity contribution in [1.29, 1.82) is 0 Å². The molecule has 96 valence electrons. The quantitative estimate of drug-likeness (QED) is 0.845. The maximum absolute atomic E-state index is 5.48. The average molecular weight is 244 g/mol. The number of nitrogens with zero attached hydrogens (tertiary/aromatic N) is 1. The van der Waals surface area contributed by atoms with Crippen LogP contribution in [0.1, 0.15) is 25.3 Å². The molecule has 1 aromatic heterocycles. The highest BCUT2D eigenvalue weighted by atomic mass is 16.5. The number of nitrogens with one attached hydrogen (secondary N) is 1. The SMILES string of the molecule is CCOCn1ccc2c(CNC3CC3)cccc21. The summed E-state index contributed by atoms with van der Waals surface area (Å²) in [6.07, 6.45) is 4.78. The second-order valence-corrected chi connectivity index (χ2v) is 4.91. The fourth-order valence-electron chi connectivity index (χ4n) is 2.29. The van der Waals surface area contributed by atoms with Crippen LogP contribution in [0, 0.1) is 0 Å². The largest absolute Gasteiger partial charge is 0.361 e. The van der Waals surface area contributed by atoms with E-state index in [0.29, 0.717) is 6.73 Å². The number of aromatic nitrogens is 1. The van der Waals surface area contributed by atoms with Crippen molar-refractivity contribution in [2.24, 2.45) is 0 Å². The lowest BCUT2D eigenvalue weighted by atomic mass is 10.1. The zero-order valence-corrected chi connectivity index (χ0v) is 10.9. The molecule has 1 fully saturated rings. The van der Waals surface area contributed by atoms with Crippen molar-refractivity contribution in [3.05, 3.63) is 36.0 Å². The second kappa shape index (κ2) is 5.12. The topological polar surface area (TPSA) is 26.2 Å². The molecule has 3 rings (SSSR count). The molecule has 1 heterocycles. The van der Waals surface area contributed by atoms with Crippen molar-refractivity contribution in [3.63, 3.8) is 0 Å². The lowest BCUT2D eigenvalue weighted by Gasteiger charge is -2.08. The minimum Gasteiger partial charge on any atom is -0.361 e. The highest BCUT2D eigenvalue weighted by molar-refractivity contribution is 5.83. The molecule has 1 aliphatic carbocycles. The van der Waals surface area contributed by atoms with Crippen LogP contribution in [0.15, 0.2) is 30.5 Å². The van der Waals surface area contributed by atoms with Crippen LogP contribution in [-0.2, 0) is 18.0 Å². The van der Waals surface area contributed by atoms with Crippen molar-refractivity contribution < 1.29 is 4.74 Å². The Hall–Kier alpha value is -1.32. The number of fused-ring (bicyclic) bond motifs is 1. The van der Waals surface area contributed by atoms with E-state index in [-0.39, 0.29) is 0 Å². The highest BCUT2D eigenvalue weighted by Crippen LogP contribution is 2.23. The van der Waals surface area contributed by atoms with Gasteiger partial charge in [0.15, 0.2) is 0 Å². The zero-order chi connectivity index (χ0) is 12.4. The van der Waals surface area contributed by atoms with Gasteiger partial charge >= 0.3 is 0 Å². The summed E-state index contributed by atoms with van der Waals surface area (Å²) in [6.45, 7) is 4.39. The van der Waals surface area contributed by atoms with Crippen LogP contribution < -0.4 is 5.32 Å². The molecule has 0 spiro atoms. The Morgan fingerprint density at radius 2 is 2.22 bits per heavy atom. The Bertz CT molecular complexity index is 528. The summed E-state index contributed by atoms with van der Waals surface area (Å²) in [5.74, 6) is 0. The van der Waals surface area contributed by atoms with Crippen molar-refractivity contribution in [3.8, 4) is 0 Å². The van der Waals surface area contributed by atoms with E-state index in [4.69, 9.17) is 4.74 Å². The van der Waals surface area contributed by atoms with Gasteiger partial charge in [0, 0.05) is 30.8 Å². The number of ether oxygens (including phenoxy) is 1. The van der Waals surface area contributed by atoms with Gasteiger partial charge in [-0.05, 0) is 37.5 Å². The Labute approximate surface area is 108 Å². The minimum atomic E-state index is 0.638. The molecule has 0 amide bonds. The molecule has 0 saturated heterocycles. The van der Waals surface area contributed by atoms with Crippen molar-refractivity contribution in [2.75, 3.05) is 6.61 Å². The Balaban J connectivity index is 1.83. The summed E-state index contributed by atoms with van der Waals surface area (Å²) in [5, 5.41) is 4.92. The normalized spacial score (nSPS) is 15.4. The first-order chi connectivity index (χ1) is 8.88. The molecule has 3 heteroatoms. The van der Waals surface area contributed by atoms with Crippen LogP contribution in [0.3, 0.4) is 0 Å². The van der Waals surface area contributed by atoms with Gasteiger partial charge in [-0.2, -0.15) is 0 Å². The van der Waals surface area contributed by atoms with Crippen LogP contribution in [0.25, 0.3) is 10.9 Å². The first kappa shape index (κ1) is 11.8. The minimum absolute atomic E-state index is 0.638. The van der Waals surface area contributed by atoms with E-state index in [9.17, 15) is 0 Å². The third kappa shape index (κ3) is 2.42. The summed E-state index contributed by atoms with van der Waals surface area (Å²) in [7, 11) is 0. The molecule has 2 aromatic rings. The second-order valence-electron chi connectivity index (χ2n) is 4.91. The van der Waals surface area contributed by atoms with E-state index < -0.39 is 0 Å². The first-order valence-electron chi connectivity index (χ1n) is 6.76. The summed E-state index contributed by atoms with van der Waals surface area (Å²) < 4.78 is 7.65. The smallest absolute Gasteiger partial charge is 0.122 e. The molecule has 0 aliphatic heterocycles. The predicted molar refractivity (Wildman–Crippen MR) is 73.4 cm³/mol. The van der Waals surface area contributed by atoms with Crippen LogP contribution >= 0.6 is 0 Å². The average Bonchev–Trinajstić information content (AvgIpc) is 3.13. The molecule has 1 N–H and O–H groups in total. The van der Waals surface area contributed by atoms with E-state index >= 15 is 0 Å². The third-order valence-electron chi connectivity index (χ3n) is 3.50. The number of hydrogen-bond donors (Lipinski definition) is 1. The van der Waals surface area contributed by atoms with Gasteiger partial charge in [-0.25, -0.2) is 0 Å². The van der Waals surface area contributed by atoms with Crippen molar-refractivity contribution in [1.82, 2.24) is 9.88 Å². The van der Waals surface area contributed by atoms with Gasteiger partial charge in [0.1, 0.15) is 6.73 Å². The molecular formula is C15H20N2O. The summed E-state index contributed by atoms with van der Waals surface area (Å²) in [6, 6.07) is 9.45. The third-order valence-corrected chi connectivity index (χ3v) is 3.50. The maximum Gasteiger partial charge on any atom is 0.122 e.